The average Bonchev–Trinajstić information content (AvgIpc) is 2.94. The quantitative estimate of drug-likeness (QED) is 0.350. The van der Waals surface area contributed by atoms with Crippen molar-refractivity contribution in [2.45, 2.75) is 26.2 Å². The predicted molar refractivity (Wildman–Crippen MR) is 110 cm³/mol. The lowest BCUT2D eigenvalue weighted by Gasteiger charge is -2.13. The first-order valence-corrected chi connectivity index (χ1v) is 9.85. The minimum atomic E-state index is -0.249. The van der Waals surface area contributed by atoms with Gasteiger partial charge in [0.15, 0.2) is 0 Å². The van der Waals surface area contributed by atoms with Gasteiger partial charge in [0.2, 0.25) is 0 Å². The van der Waals surface area contributed by atoms with Crippen molar-refractivity contribution < 1.29 is 23.8 Å². The number of esters is 1. The van der Waals surface area contributed by atoms with E-state index in [0.29, 0.717) is 40.3 Å². The summed E-state index contributed by atoms with van der Waals surface area (Å²) in [5.41, 5.74) is 0.766. The van der Waals surface area contributed by atoms with Crippen LogP contribution in [-0.2, 0) is 14.3 Å². The van der Waals surface area contributed by atoms with Gasteiger partial charge in [0.05, 0.1) is 25.7 Å². The van der Waals surface area contributed by atoms with Crippen LogP contribution in [-0.4, -0.2) is 48.5 Å². The number of rotatable bonds is 9. The molecule has 1 aromatic carbocycles. The number of methoxy groups -OCH3 is 2. The summed E-state index contributed by atoms with van der Waals surface area (Å²) in [5.74, 6) is 0.871. The maximum Gasteiger partial charge on any atom is 0.305 e. The smallest absolute Gasteiger partial charge is 0.305 e. The highest BCUT2D eigenvalue weighted by atomic mass is 32.2. The SMILES string of the molecule is CCCOC(=O)CCCN1C(=O)/C(=C/c2ccc(OC)cc2OC)SC1=S. The summed E-state index contributed by atoms with van der Waals surface area (Å²) in [6.45, 7) is 2.76. The van der Waals surface area contributed by atoms with Crippen LogP contribution in [0, 0.1) is 0 Å². The van der Waals surface area contributed by atoms with Gasteiger partial charge in [-0.15, -0.1) is 0 Å². The molecule has 1 saturated heterocycles. The van der Waals surface area contributed by atoms with Crippen molar-refractivity contribution in [3.05, 3.63) is 28.7 Å². The highest BCUT2D eigenvalue weighted by Gasteiger charge is 2.31. The Kier molecular flexibility index (Phi) is 8.12. The van der Waals surface area contributed by atoms with Gasteiger partial charge >= 0.3 is 5.97 Å². The highest BCUT2D eigenvalue weighted by molar-refractivity contribution is 8.26. The monoisotopic (exact) mass is 409 g/mol. The lowest BCUT2D eigenvalue weighted by Crippen LogP contribution is -2.29. The molecule has 146 valence electrons. The molecule has 0 aromatic heterocycles. The standard InChI is InChI=1S/C19H23NO5S2/c1-4-10-25-17(21)6-5-9-20-18(22)16(27-19(20)26)11-13-7-8-14(23-2)12-15(13)24-3/h7-8,11-12H,4-6,9-10H2,1-3H3/b16-11-. The molecular weight excluding hydrogens is 386 g/mol. The van der Waals surface area contributed by atoms with Gasteiger partial charge in [-0.05, 0) is 31.1 Å². The van der Waals surface area contributed by atoms with Gasteiger partial charge < -0.3 is 14.2 Å². The van der Waals surface area contributed by atoms with E-state index in [2.05, 4.69) is 0 Å². The highest BCUT2D eigenvalue weighted by Crippen LogP contribution is 2.35. The third-order valence-electron chi connectivity index (χ3n) is 3.83. The number of hydrogen-bond donors (Lipinski definition) is 0. The van der Waals surface area contributed by atoms with Crippen LogP contribution in [0.1, 0.15) is 31.7 Å². The van der Waals surface area contributed by atoms with Crippen LogP contribution in [0.3, 0.4) is 0 Å². The fourth-order valence-corrected chi connectivity index (χ4v) is 3.74. The summed E-state index contributed by atoms with van der Waals surface area (Å²) in [6, 6.07) is 5.39. The molecule has 0 atom stereocenters. The molecule has 1 heterocycles. The molecule has 1 aliphatic heterocycles. The summed E-state index contributed by atoms with van der Waals surface area (Å²) >= 11 is 6.56. The van der Waals surface area contributed by atoms with Gasteiger partial charge in [-0.2, -0.15) is 0 Å². The second-order valence-corrected chi connectivity index (χ2v) is 7.44. The molecule has 0 aliphatic carbocycles. The molecule has 1 aliphatic rings. The molecular formula is C19H23NO5S2. The number of amides is 1. The lowest BCUT2D eigenvalue weighted by molar-refractivity contribution is -0.144. The maximum atomic E-state index is 12.7. The Bertz CT molecular complexity index is 748. The van der Waals surface area contributed by atoms with Gasteiger partial charge in [-0.3, -0.25) is 14.5 Å². The number of benzene rings is 1. The van der Waals surface area contributed by atoms with Crippen molar-refractivity contribution in [2.24, 2.45) is 0 Å². The molecule has 6 nitrogen and oxygen atoms in total. The van der Waals surface area contributed by atoms with Crippen molar-refractivity contribution in [3.8, 4) is 11.5 Å². The molecule has 0 saturated carbocycles. The van der Waals surface area contributed by atoms with Crippen molar-refractivity contribution >= 4 is 46.3 Å². The average molecular weight is 410 g/mol. The molecule has 27 heavy (non-hydrogen) atoms. The number of thioether (sulfide) groups is 1. The van der Waals surface area contributed by atoms with E-state index in [9.17, 15) is 9.59 Å². The Morgan fingerprint density at radius 1 is 1.30 bits per heavy atom. The minimum absolute atomic E-state index is 0.162. The van der Waals surface area contributed by atoms with Gasteiger partial charge in [0, 0.05) is 24.6 Å². The number of hydrogen-bond acceptors (Lipinski definition) is 7. The van der Waals surface area contributed by atoms with Gasteiger partial charge in [-0.25, -0.2) is 0 Å². The van der Waals surface area contributed by atoms with E-state index in [1.807, 2.05) is 13.0 Å². The predicted octanol–water partition coefficient (Wildman–Crippen LogP) is 3.64. The van der Waals surface area contributed by atoms with E-state index in [-0.39, 0.29) is 18.3 Å². The molecule has 1 aromatic rings. The number of ether oxygens (including phenoxy) is 3. The van der Waals surface area contributed by atoms with E-state index in [4.69, 9.17) is 26.4 Å². The van der Waals surface area contributed by atoms with E-state index in [1.54, 1.807) is 32.4 Å². The zero-order chi connectivity index (χ0) is 19.8. The van der Waals surface area contributed by atoms with Crippen LogP contribution in [0.4, 0.5) is 0 Å². The third kappa shape index (κ3) is 5.71. The summed E-state index contributed by atoms with van der Waals surface area (Å²) < 4.78 is 16.1. The molecule has 0 bridgehead atoms. The summed E-state index contributed by atoms with van der Waals surface area (Å²) in [5, 5.41) is 0. The number of thiocarbonyl (C=S) groups is 1. The number of carbonyl (C=O) groups excluding carboxylic acids is 2. The van der Waals surface area contributed by atoms with E-state index < -0.39 is 0 Å². The fraction of sp³-hybridized carbons (Fsp3) is 0.421. The van der Waals surface area contributed by atoms with Crippen molar-refractivity contribution in [2.75, 3.05) is 27.4 Å². The topological polar surface area (TPSA) is 65.1 Å². The second kappa shape index (κ2) is 10.3. The summed E-state index contributed by atoms with van der Waals surface area (Å²) in [7, 11) is 3.15. The van der Waals surface area contributed by atoms with Crippen LogP contribution >= 0.6 is 24.0 Å². The van der Waals surface area contributed by atoms with Crippen LogP contribution in [0.2, 0.25) is 0 Å². The Morgan fingerprint density at radius 3 is 2.74 bits per heavy atom. The Hall–Kier alpha value is -2.06. The largest absolute Gasteiger partial charge is 0.497 e. The molecule has 0 spiro atoms. The number of carbonyl (C=O) groups is 2. The Labute approximate surface area is 168 Å². The van der Waals surface area contributed by atoms with Crippen LogP contribution < -0.4 is 9.47 Å². The molecule has 0 N–H and O–H groups in total. The van der Waals surface area contributed by atoms with E-state index >= 15 is 0 Å². The van der Waals surface area contributed by atoms with Crippen LogP contribution in [0.25, 0.3) is 6.08 Å². The van der Waals surface area contributed by atoms with Crippen molar-refractivity contribution in [1.29, 1.82) is 0 Å². The molecule has 1 amide bonds. The zero-order valence-corrected chi connectivity index (χ0v) is 17.3. The lowest BCUT2D eigenvalue weighted by atomic mass is 10.1. The normalized spacial score (nSPS) is 15.4. The first-order valence-electron chi connectivity index (χ1n) is 8.63. The molecule has 8 heteroatoms. The van der Waals surface area contributed by atoms with Gasteiger partial charge in [0.25, 0.3) is 5.91 Å². The summed E-state index contributed by atoms with van der Waals surface area (Å²) in [6.07, 6.45) is 3.32. The van der Waals surface area contributed by atoms with Crippen LogP contribution in [0.15, 0.2) is 23.1 Å². The van der Waals surface area contributed by atoms with Crippen molar-refractivity contribution in [3.63, 3.8) is 0 Å². The maximum absolute atomic E-state index is 12.7. The zero-order valence-electron chi connectivity index (χ0n) is 15.6. The first kappa shape index (κ1) is 21.2. The minimum Gasteiger partial charge on any atom is -0.497 e. The fourth-order valence-electron chi connectivity index (χ4n) is 2.44. The second-order valence-electron chi connectivity index (χ2n) is 5.77. The summed E-state index contributed by atoms with van der Waals surface area (Å²) in [4.78, 5) is 26.3. The first-order chi connectivity index (χ1) is 13.0. The van der Waals surface area contributed by atoms with Gasteiger partial charge in [-0.1, -0.05) is 30.9 Å². The van der Waals surface area contributed by atoms with E-state index in [0.717, 1.165) is 12.0 Å². The molecule has 0 unspecified atom stereocenters. The Morgan fingerprint density at radius 2 is 2.07 bits per heavy atom. The third-order valence-corrected chi connectivity index (χ3v) is 5.21. The number of nitrogens with zero attached hydrogens (tertiary/aromatic N) is 1. The molecule has 0 radical (unpaired) electrons. The van der Waals surface area contributed by atoms with E-state index in [1.165, 1.54) is 16.7 Å². The molecule has 2 rings (SSSR count). The Balaban J connectivity index is 2.03. The van der Waals surface area contributed by atoms with Crippen LogP contribution in [0.5, 0.6) is 11.5 Å². The van der Waals surface area contributed by atoms with Gasteiger partial charge in [0.1, 0.15) is 15.8 Å². The molecule has 1 fully saturated rings. The van der Waals surface area contributed by atoms with Crippen molar-refractivity contribution in [1.82, 2.24) is 4.90 Å².